The van der Waals surface area contributed by atoms with E-state index in [2.05, 4.69) is 0 Å². The predicted molar refractivity (Wildman–Crippen MR) is 73.4 cm³/mol. The van der Waals surface area contributed by atoms with E-state index >= 15 is 0 Å². The predicted octanol–water partition coefficient (Wildman–Crippen LogP) is 3.95. The standard InChI is InChI=1S/C16H14O2/c1-12(17)15-10-6-5-9-14(15)11-16(18)13-7-3-2-4-8-13/h2-11,18H,1H3/b16-11-. The quantitative estimate of drug-likeness (QED) is 0.499. The molecule has 1 N–H and O–H groups in total. The third-order valence-corrected chi connectivity index (χ3v) is 2.70. The maximum Gasteiger partial charge on any atom is 0.160 e. The van der Waals surface area contributed by atoms with E-state index in [0.717, 1.165) is 11.1 Å². The SMILES string of the molecule is CC(=O)c1ccccc1/C=C(\O)c1ccccc1. The lowest BCUT2D eigenvalue weighted by Gasteiger charge is -2.04. The molecule has 0 heterocycles. The summed E-state index contributed by atoms with van der Waals surface area (Å²) in [5.41, 5.74) is 2.07. The fraction of sp³-hybridized carbons (Fsp3) is 0.0625. The van der Waals surface area contributed by atoms with E-state index in [1.165, 1.54) is 6.92 Å². The van der Waals surface area contributed by atoms with Gasteiger partial charge in [0.25, 0.3) is 0 Å². The van der Waals surface area contributed by atoms with Gasteiger partial charge in [-0.3, -0.25) is 4.79 Å². The second-order valence-electron chi connectivity index (χ2n) is 4.04. The fourth-order valence-corrected chi connectivity index (χ4v) is 1.78. The van der Waals surface area contributed by atoms with Crippen LogP contribution in [0.2, 0.25) is 0 Å². The number of hydrogen-bond acceptors (Lipinski definition) is 2. The lowest BCUT2D eigenvalue weighted by molar-refractivity contribution is 0.101. The number of carbonyl (C=O) groups excluding carboxylic acids is 1. The monoisotopic (exact) mass is 238 g/mol. The van der Waals surface area contributed by atoms with E-state index in [9.17, 15) is 9.90 Å². The first-order chi connectivity index (χ1) is 8.68. The molecule has 0 aliphatic carbocycles. The van der Waals surface area contributed by atoms with Crippen LogP contribution in [-0.2, 0) is 0 Å². The van der Waals surface area contributed by atoms with Crippen LogP contribution in [0.1, 0.15) is 28.4 Å². The van der Waals surface area contributed by atoms with Crippen LogP contribution in [0.4, 0.5) is 0 Å². The van der Waals surface area contributed by atoms with Crippen LogP contribution < -0.4 is 0 Å². The Balaban J connectivity index is 2.42. The molecule has 0 aromatic heterocycles. The average Bonchev–Trinajstić information content (AvgIpc) is 2.40. The summed E-state index contributed by atoms with van der Waals surface area (Å²) < 4.78 is 0. The summed E-state index contributed by atoms with van der Waals surface area (Å²) in [4.78, 5) is 11.5. The maximum absolute atomic E-state index is 11.5. The molecule has 0 radical (unpaired) electrons. The van der Waals surface area contributed by atoms with Crippen LogP contribution in [0.3, 0.4) is 0 Å². The molecule has 0 spiro atoms. The van der Waals surface area contributed by atoms with Gasteiger partial charge in [-0.25, -0.2) is 0 Å². The summed E-state index contributed by atoms with van der Waals surface area (Å²) in [6, 6.07) is 16.5. The zero-order chi connectivity index (χ0) is 13.0. The summed E-state index contributed by atoms with van der Waals surface area (Å²) in [5, 5.41) is 10.0. The third-order valence-electron chi connectivity index (χ3n) is 2.70. The molecule has 0 unspecified atom stereocenters. The lowest BCUT2D eigenvalue weighted by atomic mass is 10.0. The summed E-state index contributed by atoms with van der Waals surface area (Å²) in [6.45, 7) is 1.52. The molecule has 0 bridgehead atoms. The third kappa shape index (κ3) is 2.66. The Bertz CT molecular complexity index is 583. The van der Waals surface area contributed by atoms with Crippen molar-refractivity contribution in [3.63, 3.8) is 0 Å². The Labute approximate surface area is 106 Å². The van der Waals surface area contributed by atoms with Crippen molar-refractivity contribution >= 4 is 17.6 Å². The summed E-state index contributed by atoms with van der Waals surface area (Å²) in [7, 11) is 0. The van der Waals surface area contributed by atoms with Crippen LogP contribution in [-0.4, -0.2) is 10.9 Å². The minimum atomic E-state index is -0.0114. The minimum Gasteiger partial charge on any atom is -0.507 e. The van der Waals surface area contributed by atoms with Gasteiger partial charge >= 0.3 is 0 Å². The molecule has 0 saturated heterocycles. The van der Waals surface area contributed by atoms with Crippen molar-refractivity contribution in [1.82, 2.24) is 0 Å². The highest BCUT2D eigenvalue weighted by molar-refractivity contribution is 5.99. The van der Waals surface area contributed by atoms with E-state index in [1.807, 2.05) is 48.5 Å². The number of rotatable bonds is 3. The Morgan fingerprint density at radius 1 is 1.00 bits per heavy atom. The van der Waals surface area contributed by atoms with E-state index in [-0.39, 0.29) is 11.5 Å². The Hall–Kier alpha value is -2.35. The highest BCUT2D eigenvalue weighted by atomic mass is 16.3. The van der Waals surface area contributed by atoms with Crippen LogP contribution in [0.25, 0.3) is 11.8 Å². The highest BCUT2D eigenvalue weighted by Crippen LogP contribution is 2.18. The number of hydrogen-bond donors (Lipinski definition) is 1. The molecule has 0 aliphatic heterocycles. The zero-order valence-corrected chi connectivity index (χ0v) is 10.1. The van der Waals surface area contributed by atoms with Gasteiger partial charge in [-0.1, -0.05) is 54.6 Å². The molecule has 2 aromatic carbocycles. The van der Waals surface area contributed by atoms with Crippen molar-refractivity contribution < 1.29 is 9.90 Å². The molecule has 0 fully saturated rings. The molecule has 0 aliphatic rings. The topological polar surface area (TPSA) is 37.3 Å². The van der Waals surface area contributed by atoms with Crippen molar-refractivity contribution in [2.24, 2.45) is 0 Å². The van der Waals surface area contributed by atoms with Gasteiger partial charge in [-0.05, 0) is 18.6 Å². The van der Waals surface area contributed by atoms with Gasteiger partial charge < -0.3 is 5.11 Å². The van der Waals surface area contributed by atoms with Gasteiger partial charge in [0.05, 0.1) is 0 Å². The summed E-state index contributed by atoms with van der Waals surface area (Å²) >= 11 is 0. The zero-order valence-electron chi connectivity index (χ0n) is 10.1. The first-order valence-corrected chi connectivity index (χ1v) is 5.74. The van der Waals surface area contributed by atoms with Crippen molar-refractivity contribution in [3.05, 3.63) is 71.3 Å². The highest BCUT2D eigenvalue weighted by Gasteiger charge is 2.05. The Morgan fingerprint density at radius 2 is 1.61 bits per heavy atom. The van der Waals surface area contributed by atoms with Crippen molar-refractivity contribution in [2.75, 3.05) is 0 Å². The molecule has 2 heteroatoms. The second kappa shape index (κ2) is 5.32. The van der Waals surface area contributed by atoms with Crippen molar-refractivity contribution in [1.29, 1.82) is 0 Å². The first-order valence-electron chi connectivity index (χ1n) is 5.74. The van der Waals surface area contributed by atoms with Gasteiger partial charge in [-0.15, -0.1) is 0 Å². The van der Waals surface area contributed by atoms with Crippen LogP contribution >= 0.6 is 0 Å². The van der Waals surface area contributed by atoms with Gasteiger partial charge in [-0.2, -0.15) is 0 Å². The van der Waals surface area contributed by atoms with E-state index in [4.69, 9.17) is 0 Å². The Morgan fingerprint density at radius 3 is 2.28 bits per heavy atom. The molecular formula is C16H14O2. The summed E-state index contributed by atoms with van der Waals surface area (Å²) in [5.74, 6) is 0.145. The van der Waals surface area contributed by atoms with Crippen molar-refractivity contribution in [2.45, 2.75) is 6.92 Å². The number of carbonyl (C=O) groups is 1. The molecule has 0 amide bonds. The largest absolute Gasteiger partial charge is 0.507 e. The molecule has 2 rings (SSSR count). The molecular weight excluding hydrogens is 224 g/mol. The van der Waals surface area contributed by atoms with Crippen LogP contribution in [0.15, 0.2) is 54.6 Å². The maximum atomic E-state index is 11.5. The Kier molecular flexibility index (Phi) is 3.58. The van der Waals surface area contributed by atoms with Crippen LogP contribution in [0.5, 0.6) is 0 Å². The molecule has 0 atom stereocenters. The molecule has 90 valence electrons. The van der Waals surface area contributed by atoms with E-state index in [0.29, 0.717) is 5.56 Å². The fourth-order valence-electron chi connectivity index (χ4n) is 1.78. The molecule has 0 saturated carbocycles. The van der Waals surface area contributed by atoms with E-state index in [1.54, 1.807) is 12.1 Å². The number of aliphatic hydroxyl groups excluding tert-OH is 1. The molecule has 2 aromatic rings. The number of aliphatic hydroxyl groups is 1. The lowest BCUT2D eigenvalue weighted by Crippen LogP contribution is -1.95. The number of ketones is 1. The van der Waals surface area contributed by atoms with Crippen molar-refractivity contribution in [3.8, 4) is 0 Å². The average molecular weight is 238 g/mol. The molecule has 18 heavy (non-hydrogen) atoms. The first kappa shape index (κ1) is 12.1. The van der Waals surface area contributed by atoms with E-state index < -0.39 is 0 Å². The smallest absolute Gasteiger partial charge is 0.160 e. The summed E-state index contributed by atoms with van der Waals surface area (Å²) in [6.07, 6.45) is 1.62. The van der Waals surface area contributed by atoms with Gasteiger partial charge in [0.2, 0.25) is 0 Å². The van der Waals surface area contributed by atoms with Crippen LogP contribution in [0, 0.1) is 0 Å². The number of Topliss-reactive ketones (excluding diaryl/α,β-unsaturated/α-hetero) is 1. The van der Waals surface area contributed by atoms with Gasteiger partial charge in [0, 0.05) is 11.1 Å². The number of benzene rings is 2. The minimum absolute atomic E-state index is 0.0114. The second-order valence-corrected chi connectivity index (χ2v) is 4.04. The van der Waals surface area contributed by atoms with Gasteiger partial charge in [0.15, 0.2) is 5.78 Å². The molecule has 2 nitrogen and oxygen atoms in total. The van der Waals surface area contributed by atoms with Gasteiger partial charge in [0.1, 0.15) is 5.76 Å². The normalized spacial score (nSPS) is 11.3.